The maximum Gasteiger partial charge on any atom is 0.324 e. The van der Waals surface area contributed by atoms with Crippen molar-refractivity contribution in [2.24, 2.45) is 5.92 Å². The van der Waals surface area contributed by atoms with E-state index >= 15 is 0 Å². The third kappa shape index (κ3) is 6.82. The van der Waals surface area contributed by atoms with Crippen molar-refractivity contribution < 1.29 is 22.7 Å². The summed E-state index contributed by atoms with van der Waals surface area (Å²) in [5.41, 5.74) is 0.747. The van der Waals surface area contributed by atoms with Gasteiger partial charge >= 0.3 is 6.03 Å². The topological polar surface area (TPSA) is 92.8 Å². The lowest BCUT2D eigenvalue weighted by atomic mass is 9.98. The molecule has 1 saturated carbocycles. The first-order chi connectivity index (χ1) is 14.7. The Morgan fingerprint density at radius 1 is 1.23 bits per heavy atom. The first-order valence-electron chi connectivity index (χ1n) is 10.9. The molecule has 1 aliphatic carbocycles. The van der Waals surface area contributed by atoms with Gasteiger partial charge in [0.25, 0.3) is 0 Å². The van der Waals surface area contributed by atoms with E-state index in [9.17, 15) is 18.0 Å². The molecule has 8 heteroatoms. The van der Waals surface area contributed by atoms with E-state index in [0.29, 0.717) is 38.5 Å². The van der Waals surface area contributed by atoms with E-state index in [4.69, 9.17) is 4.74 Å². The van der Waals surface area contributed by atoms with Gasteiger partial charge in [0, 0.05) is 24.9 Å². The molecule has 0 atom stereocenters. The summed E-state index contributed by atoms with van der Waals surface area (Å²) in [6, 6.07) is 7.44. The van der Waals surface area contributed by atoms with Crippen molar-refractivity contribution >= 4 is 21.8 Å². The van der Waals surface area contributed by atoms with E-state index in [1.807, 2.05) is 24.3 Å². The summed E-state index contributed by atoms with van der Waals surface area (Å²) < 4.78 is 31.3. The number of imide groups is 1. The molecule has 0 bridgehead atoms. The van der Waals surface area contributed by atoms with Crippen LogP contribution in [0.15, 0.2) is 36.4 Å². The van der Waals surface area contributed by atoms with Gasteiger partial charge in [0.2, 0.25) is 5.91 Å². The number of allylic oxidation sites excluding steroid dienone is 1. The van der Waals surface area contributed by atoms with Gasteiger partial charge in [0.1, 0.15) is 5.75 Å². The molecule has 1 saturated heterocycles. The molecule has 1 aliphatic heterocycles. The highest BCUT2D eigenvalue weighted by Gasteiger charge is 2.47. The van der Waals surface area contributed by atoms with Crippen LogP contribution < -0.4 is 10.1 Å². The van der Waals surface area contributed by atoms with E-state index in [0.717, 1.165) is 24.2 Å². The number of benzene rings is 1. The lowest BCUT2D eigenvalue weighted by molar-refractivity contribution is -0.121. The molecule has 2 fully saturated rings. The zero-order valence-electron chi connectivity index (χ0n) is 18.3. The third-order valence-corrected chi connectivity index (χ3v) is 7.46. The predicted molar refractivity (Wildman–Crippen MR) is 120 cm³/mol. The van der Waals surface area contributed by atoms with Crippen molar-refractivity contribution in [1.82, 2.24) is 10.2 Å². The Balaban J connectivity index is 1.49. The molecule has 3 amide bonds. The molecule has 1 aromatic rings. The number of nitrogens with one attached hydrogen (secondary N) is 1. The van der Waals surface area contributed by atoms with Gasteiger partial charge < -0.3 is 9.64 Å². The summed E-state index contributed by atoms with van der Waals surface area (Å²) >= 11 is 0. The van der Waals surface area contributed by atoms with E-state index in [1.165, 1.54) is 4.90 Å². The monoisotopic (exact) mass is 448 g/mol. The van der Waals surface area contributed by atoms with Crippen LogP contribution in [0.25, 0.3) is 0 Å². The number of nitrogens with zero attached hydrogens (tertiary/aromatic N) is 1. The van der Waals surface area contributed by atoms with Crippen LogP contribution in [0.4, 0.5) is 4.79 Å². The molecular formula is C23H32N2O5S. The number of carbonyl (C=O) groups excluding carboxylic acids is 2. The Labute approximate surface area is 184 Å². The summed E-state index contributed by atoms with van der Waals surface area (Å²) in [5.74, 6) is 1.19. The molecule has 2 aliphatic rings. The second kappa shape index (κ2) is 9.85. The lowest BCUT2D eigenvalue weighted by Gasteiger charge is -2.25. The number of sulfone groups is 1. The van der Waals surface area contributed by atoms with Gasteiger partial charge in [-0.3, -0.25) is 10.1 Å². The molecule has 0 unspecified atom stereocenters. The fourth-order valence-electron chi connectivity index (χ4n) is 3.68. The Morgan fingerprint density at radius 2 is 2.00 bits per heavy atom. The summed E-state index contributed by atoms with van der Waals surface area (Å²) in [6.45, 7) is 5.57. The van der Waals surface area contributed by atoms with Crippen LogP contribution in [-0.2, 0) is 20.0 Å². The van der Waals surface area contributed by atoms with Gasteiger partial charge in [-0.25, -0.2) is 13.2 Å². The Morgan fingerprint density at radius 3 is 2.68 bits per heavy atom. The summed E-state index contributed by atoms with van der Waals surface area (Å²) in [5, 5.41) is 2.27. The van der Waals surface area contributed by atoms with E-state index in [2.05, 4.69) is 19.2 Å². The van der Waals surface area contributed by atoms with Crippen LogP contribution in [0.5, 0.6) is 5.75 Å². The third-order valence-electron chi connectivity index (χ3n) is 5.61. The van der Waals surface area contributed by atoms with Crippen LogP contribution >= 0.6 is 0 Å². The summed E-state index contributed by atoms with van der Waals surface area (Å²) in [4.78, 5) is 24.4. The predicted octanol–water partition coefficient (Wildman–Crippen LogP) is 3.06. The highest BCUT2D eigenvalue weighted by atomic mass is 32.2. The second-order valence-electron chi connectivity index (χ2n) is 8.91. The van der Waals surface area contributed by atoms with Crippen molar-refractivity contribution in [2.75, 3.05) is 31.2 Å². The van der Waals surface area contributed by atoms with Crippen LogP contribution in [0.3, 0.4) is 0 Å². The first kappa shape index (κ1) is 23.3. The van der Waals surface area contributed by atoms with Crippen molar-refractivity contribution in [3.05, 3.63) is 42.0 Å². The standard InChI is InChI=1S/C23H32N2O5S/c1-18(2)16-30-20-8-6-7-19(15-20)23(10-11-23)17-31(28,29)14-5-3-4-12-25-13-9-21(26)24-22(25)27/h3-4,6-8,15,18H,5,9-14,16-17H2,1-2H3,(H,24,26,27)/b4-3+. The number of urea groups is 1. The molecule has 7 nitrogen and oxygen atoms in total. The van der Waals surface area contributed by atoms with Gasteiger partial charge in [-0.05, 0) is 42.9 Å². The zero-order chi connectivity index (χ0) is 22.5. The van der Waals surface area contributed by atoms with E-state index in [-0.39, 0.29) is 22.8 Å². The van der Waals surface area contributed by atoms with Gasteiger partial charge in [-0.2, -0.15) is 0 Å². The minimum absolute atomic E-state index is 0.0828. The zero-order valence-corrected chi connectivity index (χ0v) is 19.1. The average molecular weight is 449 g/mol. The van der Waals surface area contributed by atoms with Crippen LogP contribution in [-0.4, -0.2) is 56.5 Å². The smallest absolute Gasteiger partial charge is 0.324 e. The molecular weight excluding hydrogens is 416 g/mol. The van der Waals surface area contributed by atoms with Gasteiger partial charge in [0.15, 0.2) is 9.84 Å². The molecule has 1 N–H and O–H groups in total. The van der Waals surface area contributed by atoms with Gasteiger partial charge in [-0.15, -0.1) is 0 Å². The summed E-state index contributed by atoms with van der Waals surface area (Å²) in [6.07, 6.45) is 6.02. The number of rotatable bonds is 11. The molecule has 31 heavy (non-hydrogen) atoms. The number of amides is 3. The highest BCUT2D eigenvalue weighted by molar-refractivity contribution is 7.91. The molecule has 0 spiro atoms. The number of hydrogen-bond acceptors (Lipinski definition) is 5. The Bertz CT molecular complexity index is 935. The number of hydrogen-bond donors (Lipinski definition) is 1. The second-order valence-corrected chi connectivity index (χ2v) is 11.1. The fourth-order valence-corrected chi connectivity index (χ4v) is 5.62. The van der Waals surface area contributed by atoms with Crippen LogP contribution in [0.1, 0.15) is 45.1 Å². The Hall–Kier alpha value is -2.35. The highest BCUT2D eigenvalue weighted by Crippen LogP contribution is 2.50. The van der Waals surface area contributed by atoms with E-state index < -0.39 is 15.9 Å². The Kier molecular flexibility index (Phi) is 7.41. The minimum atomic E-state index is -3.22. The average Bonchev–Trinajstić information content (AvgIpc) is 3.48. The van der Waals surface area contributed by atoms with Crippen molar-refractivity contribution in [3.63, 3.8) is 0 Å². The van der Waals surface area contributed by atoms with Crippen molar-refractivity contribution in [2.45, 2.75) is 44.9 Å². The van der Waals surface area contributed by atoms with Crippen LogP contribution in [0.2, 0.25) is 0 Å². The SMILES string of the molecule is CC(C)COc1cccc(C2(CS(=O)(=O)CC/C=C/CN3CCC(=O)NC3=O)CC2)c1. The van der Waals surface area contributed by atoms with Crippen LogP contribution in [0, 0.1) is 5.92 Å². The molecule has 0 radical (unpaired) electrons. The largest absolute Gasteiger partial charge is 0.493 e. The fraction of sp³-hybridized carbons (Fsp3) is 0.565. The normalized spacial score (nSPS) is 18.5. The molecule has 1 heterocycles. The molecule has 170 valence electrons. The lowest BCUT2D eigenvalue weighted by Crippen LogP contribution is -2.49. The van der Waals surface area contributed by atoms with Crippen molar-refractivity contribution in [1.29, 1.82) is 0 Å². The maximum absolute atomic E-state index is 12.7. The molecule has 1 aromatic carbocycles. The van der Waals surface area contributed by atoms with Gasteiger partial charge in [0.05, 0.1) is 18.1 Å². The van der Waals surface area contributed by atoms with E-state index in [1.54, 1.807) is 12.2 Å². The summed E-state index contributed by atoms with van der Waals surface area (Å²) in [7, 11) is -3.22. The molecule has 3 rings (SSSR count). The minimum Gasteiger partial charge on any atom is -0.493 e. The van der Waals surface area contributed by atoms with Crippen molar-refractivity contribution in [3.8, 4) is 5.75 Å². The quantitative estimate of drug-likeness (QED) is 0.525. The van der Waals surface area contributed by atoms with Gasteiger partial charge in [-0.1, -0.05) is 38.1 Å². The number of ether oxygens (including phenoxy) is 1. The number of carbonyl (C=O) groups is 2. The maximum atomic E-state index is 12.7. The molecule has 0 aromatic heterocycles. The first-order valence-corrected chi connectivity index (χ1v) is 12.7.